The average molecular weight is 299 g/mol. The van der Waals surface area contributed by atoms with Crippen molar-refractivity contribution >= 4 is 28.4 Å². The van der Waals surface area contributed by atoms with Gasteiger partial charge in [-0.15, -0.1) is 0 Å². The lowest BCUT2D eigenvalue weighted by molar-refractivity contribution is 0.0941. The van der Waals surface area contributed by atoms with Crippen LogP contribution in [0.4, 0.5) is 0 Å². The third-order valence-electron chi connectivity index (χ3n) is 3.56. The van der Waals surface area contributed by atoms with Gasteiger partial charge in [-0.3, -0.25) is 4.79 Å². The van der Waals surface area contributed by atoms with E-state index in [0.29, 0.717) is 10.6 Å². The number of nitrogens with one attached hydrogen (secondary N) is 2. The molecule has 0 aliphatic carbocycles. The van der Waals surface area contributed by atoms with Crippen molar-refractivity contribution in [1.82, 2.24) is 10.3 Å². The fourth-order valence-corrected chi connectivity index (χ4v) is 2.52. The van der Waals surface area contributed by atoms with Crippen molar-refractivity contribution in [2.75, 3.05) is 0 Å². The summed E-state index contributed by atoms with van der Waals surface area (Å²) in [6, 6.07) is 15.0. The Kier molecular flexibility index (Phi) is 3.67. The maximum atomic E-state index is 12.5. The summed E-state index contributed by atoms with van der Waals surface area (Å²) in [5.41, 5.74) is 2.66. The summed E-state index contributed by atoms with van der Waals surface area (Å²) < 4.78 is 0. The lowest BCUT2D eigenvalue weighted by Crippen LogP contribution is -2.26. The Balaban J connectivity index is 1.83. The first kappa shape index (κ1) is 13.7. The van der Waals surface area contributed by atoms with Crippen LogP contribution < -0.4 is 5.32 Å². The van der Waals surface area contributed by atoms with E-state index < -0.39 is 0 Å². The third-order valence-corrected chi connectivity index (χ3v) is 3.81. The Labute approximate surface area is 127 Å². The highest BCUT2D eigenvalue weighted by atomic mass is 35.5. The van der Waals surface area contributed by atoms with Gasteiger partial charge < -0.3 is 10.3 Å². The number of benzene rings is 2. The predicted octanol–water partition coefficient (Wildman–Crippen LogP) is 4.31. The average Bonchev–Trinajstić information content (AvgIpc) is 2.96. The molecule has 0 saturated heterocycles. The summed E-state index contributed by atoms with van der Waals surface area (Å²) in [5, 5.41) is 4.64. The largest absolute Gasteiger partial charge is 0.361 e. The van der Waals surface area contributed by atoms with Crippen LogP contribution >= 0.6 is 11.6 Å². The first-order valence-corrected chi connectivity index (χ1v) is 7.15. The van der Waals surface area contributed by atoms with Crippen LogP contribution in [0.3, 0.4) is 0 Å². The van der Waals surface area contributed by atoms with Crippen molar-refractivity contribution in [2.24, 2.45) is 0 Å². The van der Waals surface area contributed by atoms with Crippen LogP contribution in [0, 0.1) is 0 Å². The second-order valence-electron chi connectivity index (χ2n) is 4.99. The molecule has 1 atom stereocenters. The number of carbonyl (C=O) groups is 1. The van der Waals surface area contributed by atoms with Gasteiger partial charge in [0.2, 0.25) is 0 Å². The molecule has 2 N–H and O–H groups in total. The predicted molar refractivity (Wildman–Crippen MR) is 85.6 cm³/mol. The van der Waals surface area contributed by atoms with Crippen LogP contribution in [0.25, 0.3) is 10.9 Å². The number of fused-ring (bicyclic) bond motifs is 1. The van der Waals surface area contributed by atoms with Crippen molar-refractivity contribution in [1.29, 1.82) is 0 Å². The Bertz CT molecular complexity index is 777. The molecule has 2 aromatic carbocycles. The highest BCUT2D eigenvalue weighted by molar-refractivity contribution is 6.30. The van der Waals surface area contributed by atoms with Gasteiger partial charge in [-0.1, -0.05) is 29.8 Å². The highest BCUT2D eigenvalue weighted by Gasteiger charge is 2.14. The zero-order chi connectivity index (χ0) is 14.8. The van der Waals surface area contributed by atoms with E-state index in [4.69, 9.17) is 11.6 Å². The van der Waals surface area contributed by atoms with Crippen LogP contribution in [-0.4, -0.2) is 10.9 Å². The summed E-state index contributed by atoms with van der Waals surface area (Å²) >= 11 is 5.88. The number of halogens is 1. The molecule has 0 fully saturated rings. The number of hydrogen-bond acceptors (Lipinski definition) is 1. The smallest absolute Gasteiger partial charge is 0.252 e. The fourth-order valence-electron chi connectivity index (χ4n) is 2.39. The fraction of sp³-hybridized carbons (Fsp3) is 0.118. The van der Waals surface area contributed by atoms with E-state index >= 15 is 0 Å². The van der Waals surface area contributed by atoms with E-state index in [-0.39, 0.29) is 11.9 Å². The van der Waals surface area contributed by atoms with Gasteiger partial charge in [-0.05, 0) is 42.8 Å². The van der Waals surface area contributed by atoms with Crippen molar-refractivity contribution in [3.05, 3.63) is 70.9 Å². The van der Waals surface area contributed by atoms with Gasteiger partial charge in [0.1, 0.15) is 0 Å². The number of carbonyl (C=O) groups excluding carboxylic acids is 1. The van der Waals surface area contributed by atoms with Gasteiger partial charge in [0.15, 0.2) is 0 Å². The molecule has 3 rings (SSSR count). The number of aromatic amines is 1. The molecule has 4 heteroatoms. The van der Waals surface area contributed by atoms with Gasteiger partial charge >= 0.3 is 0 Å². The molecule has 0 bridgehead atoms. The minimum Gasteiger partial charge on any atom is -0.361 e. The van der Waals surface area contributed by atoms with Crippen LogP contribution in [0.1, 0.15) is 28.9 Å². The van der Waals surface area contributed by atoms with E-state index in [0.717, 1.165) is 16.5 Å². The summed E-state index contributed by atoms with van der Waals surface area (Å²) in [5.74, 6) is -0.0809. The monoisotopic (exact) mass is 298 g/mol. The van der Waals surface area contributed by atoms with E-state index in [2.05, 4.69) is 10.3 Å². The van der Waals surface area contributed by atoms with Gasteiger partial charge in [0.25, 0.3) is 5.91 Å². The molecule has 1 aromatic heterocycles. The zero-order valence-electron chi connectivity index (χ0n) is 11.6. The summed E-state index contributed by atoms with van der Waals surface area (Å²) in [6.45, 7) is 1.96. The van der Waals surface area contributed by atoms with Gasteiger partial charge in [-0.2, -0.15) is 0 Å². The Hall–Kier alpha value is -2.26. The summed E-state index contributed by atoms with van der Waals surface area (Å²) in [7, 11) is 0. The lowest BCUT2D eigenvalue weighted by atomic mass is 10.1. The molecule has 106 valence electrons. The third kappa shape index (κ3) is 2.78. The Morgan fingerprint density at radius 1 is 1.14 bits per heavy atom. The lowest BCUT2D eigenvalue weighted by Gasteiger charge is -2.15. The molecule has 3 aromatic rings. The number of rotatable bonds is 3. The second kappa shape index (κ2) is 5.62. The molecule has 0 spiro atoms. The molecule has 3 nitrogen and oxygen atoms in total. The Morgan fingerprint density at radius 2 is 1.90 bits per heavy atom. The molecular formula is C17H15ClN2O. The summed E-state index contributed by atoms with van der Waals surface area (Å²) in [6.07, 6.45) is 1.84. The van der Waals surface area contributed by atoms with Gasteiger partial charge in [-0.25, -0.2) is 0 Å². The van der Waals surface area contributed by atoms with Gasteiger partial charge in [0, 0.05) is 27.7 Å². The molecule has 1 amide bonds. The molecule has 1 unspecified atom stereocenters. The van der Waals surface area contributed by atoms with E-state index in [1.807, 2.05) is 61.7 Å². The molecule has 0 aliphatic heterocycles. The highest BCUT2D eigenvalue weighted by Crippen LogP contribution is 2.20. The minimum atomic E-state index is -0.0809. The van der Waals surface area contributed by atoms with Crippen LogP contribution in [0.15, 0.2) is 54.7 Å². The molecule has 1 heterocycles. The number of H-pyrrole nitrogens is 1. The minimum absolute atomic E-state index is 0.0797. The maximum absolute atomic E-state index is 12.5. The van der Waals surface area contributed by atoms with Gasteiger partial charge in [0.05, 0.1) is 6.04 Å². The molecule has 0 aliphatic rings. The molecular weight excluding hydrogens is 284 g/mol. The SMILES string of the molecule is CC(NC(=O)c1cccc2[nH]ccc12)c1ccc(Cl)cc1. The number of aromatic nitrogens is 1. The molecule has 0 radical (unpaired) electrons. The molecule has 0 saturated carbocycles. The van der Waals surface area contributed by atoms with Crippen LogP contribution in [0.2, 0.25) is 5.02 Å². The number of amides is 1. The quantitative estimate of drug-likeness (QED) is 0.743. The standard InChI is InChI=1S/C17H15ClN2O/c1-11(12-5-7-13(18)8-6-12)20-17(21)15-3-2-4-16-14(15)9-10-19-16/h2-11,19H,1H3,(H,20,21). The topological polar surface area (TPSA) is 44.9 Å². The van der Waals surface area contributed by atoms with Crippen LogP contribution in [0.5, 0.6) is 0 Å². The Morgan fingerprint density at radius 3 is 2.67 bits per heavy atom. The van der Waals surface area contributed by atoms with E-state index in [1.165, 1.54) is 0 Å². The number of hydrogen-bond donors (Lipinski definition) is 2. The maximum Gasteiger partial charge on any atom is 0.252 e. The van der Waals surface area contributed by atoms with Crippen molar-refractivity contribution < 1.29 is 4.79 Å². The first-order chi connectivity index (χ1) is 10.1. The molecule has 21 heavy (non-hydrogen) atoms. The summed E-state index contributed by atoms with van der Waals surface area (Å²) in [4.78, 5) is 15.6. The zero-order valence-corrected chi connectivity index (χ0v) is 12.3. The van der Waals surface area contributed by atoms with Crippen molar-refractivity contribution in [2.45, 2.75) is 13.0 Å². The van der Waals surface area contributed by atoms with E-state index in [9.17, 15) is 4.79 Å². The first-order valence-electron chi connectivity index (χ1n) is 6.77. The van der Waals surface area contributed by atoms with E-state index in [1.54, 1.807) is 0 Å². The normalized spacial score (nSPS) is 12.3. The van der Waals surface area contributed by atoms with Crippen molar-refractivity contribution in [3.8, 4) is 0 Å². The van der Waals surface area contributed by atoms with Crippen molar-refractivity contribution in [3.63, 3.8) is 0 Å². The second-order valence-corrected chi connectivity index (χ2v) is 5.43. The van der Waals surface area contributed by atoms with Crippen LogP contribution in [-0.2, 0) is 0 Å².